The lowest BCUT2D eigenvalue weighted by Gasteiger charge is -2.38. The highest BCUT2D eigenvalue weighted by atomic mass is 19.1. The molecule has 0 bridgehead atoms. The predicted octanol–water partition coefficient (Wildman–Crippen LogP) is 2.49. The van der Waals surface area contributed by atoms with Gasteiger partial charge in [-0.2, -0.15) is 0 Å². The first kappa shape index (κ1) is 17.9. The third-order valence-corrected chi connectivity index (χ3v) is 5.38. The van der Waals surface area contributed by atoms with Crippen LogP contribution in [-0.2, 0) is 9.59 Å². The second-order valence-corrected chi connectivity index (χ2v) is 7.39. The first-order chi connectivity index (χ1) is 12.0. The van der Waals surface area contributed by atoms with Crippen molar-refractivity contribution in [2.45, 2.75) is 32.6 Å². The summed E-state index contributed by atoms with van der Waals surface area (Å²) in [5.74, 6) is -0.163. The molecule has 1 aliphatic heterocycles. The zero-order chi connectivity index (χ0) is 17.9. The number of carbonyl (C=O) groups excluding carboxylic acids is 2. The van der Waals surface area contributed by atoms with Gasteiger partial charge in [-0.3, -0.25) is 14.5 Å². The van der Waals surface area contributed by atoms with Gasteiger partial charge in [0.05, 0.1) is 6.54 Å². The van der Waals surface area contributed by atoms with Gasteiger partial charge in [0, 0.05) is 37.3 Å². The third-order valence-electron chi connectivity index (χ3n) is 5.38. The topological polar surface area (TPSA) is 52.7 Å². The summed E-state index contributed by atoms with van der Waals surface area (Å²) in [6, 6.07) is 5.74. The number of hydrogen-bond donors (Lipinski definition) is 1. The molecule has 1 saturated heterocycles. The largest absolute Gasteiger partial charge is 0.340 e. The Hall–Kier alpha value is -1.95. The van der Waals surface area contributed by atoms with E-state index in [2.05, 4.69) is 17.1 Å². The number of hydrogen-bond acceptors (Lipinski definition) is 3. The number of carbonyl (C=O) groups is 2. The summed E-state index contributed by atoms with van der Waals surface area (Å²) in [6.45, 7) is 5.15. The second-order valence-electron chi connectivity index (χ2n) is 7.39. The Morgan fingerprint density at radius 3 is 2.28 bits per heavy atom. The van der Waals surface area contributed by atoms with E-state index in [-0.39, 0.29) is 29.6 Å². The zero-order valence-corrected chi connectivity index (χ0v) is 14.8. The first-order valence-electron chi connectivity index (χ1n) is 9.03. The highest BCUT2D eigenvalue weighted by molar-refractivity contribution is 5.92. The Morgan fingerprint density at radius 2 is 1.68 bits per heavy atom. The van der Waals surface area contributed by atoms with E-state index in [1.165, 1.54) is 12.1 Å². The molecule has 1 heterocycles. The molecule has 1 aromatic rings. The number of anilines is 1. The van der Waals surface area contributed by atoms with Crippen LogP contribution in [0.2, 0.25) is 0 Å². The molecule has 136 valence electrons. The van der Waals surface area contributed by atoms with Crippen LogP contribution in [0.1, 0.15) is 32.6 Å². The molecule has 25 heavy (non-hydrogen) atoms. The van der Waals surface area contributed by atoms with Gasteiger partial charge >= 0.3 is 0 Å². The molecule has 1 N–H and O–H groups in total. The van der Waals surface area contributed by atoms with Gasteiger partial charge < -0.3 is 10.2 Å². The van der Waals surface area contributed by atoms with Gasteiger partial charge in [-0.1, -0.05) is 19.8 Å². The number of nitrogens with zero attached hydrogens (tertiary/aromatic N) is 2. The molecule has 2 aliphatic rings. The summed E-state index contributed by atoms with van der Waals surface area (Å²) < 4.78 is 12.9. The number of nitrogens with one attached hydrogen (secondary N) is 1. The van der Waals surface area contributed by atoms with Crippen molar-refractivity contribution in [3.63, 3.8) is 0 Å². The van der Waals surface area contributed by atoms with Crippen molar-refractivity contribution in [2.24, 2.45) is 5.41 Å². The van der Waals surface area contributed by atoms with Crippen LogP contribution in [0.3, 0.4) is 0 Å². The summed E-state index contributed by atoms with van der Waals surface area (Å²) >= 11 is 0. The van der Waals surface area contributed by atoms with Crippen molar-refractivity contribution in [1.29, 1.82) is 0 Å². The van der Waals surface area contributed by atoms with Crippen LogP contribution in [0, 0.1) is 11.2 Å². The predicted molar refractivity (Wildman–Crippen MR) is 94.6 cm³/mol. The number of piperazine rings is 1. The standard InChI is InChI=1S/C19H26FN3O2/c1-19(8-2-3-9-19)18(25)23-12-10-22(11-13-23)14-17(24)21-16-6-4-15(20)5-7-16/h4-7H,2-3,8-14H2,1H3,(H,21,24). The van der Waals surface area contributed by atoms with Crippen molar-refractivity contribution in [1.82, 2.24) is 9.80 Å². The molecule has 2 amide bonds. The lowest BCUT2D eigenvalue weighted by molar-refractivity contribution is -0.142. The Balaban J connectivity index is 1.45. The normalized spacial score (nSPS) is 20.5. The molecular weight excluding hydrogens is 321 g/mol. The van der Waals surface area contributed by atoms with Crippen LogP contribution in [0.5, 0.6) is 0 Å². The van der Waals surface area contributed by atoms with Gasteiger partial charge in [-0.05, 0) is 37.1 Å². The van der Waals surface area contributed by atoms with E-state index in [1.54, 1.807) is 12.1 Å². The average molecular weight is 347 g/mol. The molecule has 0 spiro atoms. The fourth-order valence-corrected chi connectivity index (χ4v) is 3.80. The summed E-state index contributed by atoms with van der Waals surface area (Å²) in [4.78, 5) is 28.8. The van der Waals surface area contributed by atoms with Crippen LogP contribution in [0.4, 0.5) is 10.1 Å². The van der Waals surface area contributed by atoms with E-state index in [1.807, 2.05) is 4.90 Å². The van der Waals surface area contributed by atoms with Crippen molar-refractivity contribution in [3.05, 3.63) is 30.1 Å². The maximum absolute atomic E-state index is 12.9. The van der Waals surface area contributed by atoms with Crippen LogP contribution in [-0.4, -0.2) is 54.3 Å². The zero-order valence-electron chi connectivity index (χ0n) is 14.8. The fraction of sp³-hybridized carbons (Fsp3) is 0.579. The molecule has 6 heteroatoms. The number of halogens is 1. The van der Waals surface area contributed by atoms with E-state index in [0.717, 1.165) is 25.7 Å². The van der Waals surface area contributed by atoms with E-state index < -0.39 is 0 Å². The molecule has 0 radical (unpaired) electrons. The van der Waals surface area contributed by atoms with Crippen LogP contribution in [0.15, 0.2) is 24.3 Å². The molecule has 1 aliphatic carbocycles. The quantitative estimate of drug-likeness (QED) is 0.910. The SMILES string of the molecule is CC1(C(=O)N2CCN(CC(=O)Nc3ccc(F)cc3)CC2)CCCC1. The minimum atomic E-state index is -0.324. The summed E-state index contributed by atoms with van der Waals surface area (Å²) in [6.07, 6.45) is 4.27. The molecule has 1 aromatic carbocycles. The Kier molecular flexibility index (Phi) is 5.37. The van der Waals surface area contributed by atoms with Crippen LogP contribution >= 0.6 is 0 Å². The summed E-state index contributed by atoms with van der Waals surface area (Å²) in [5.41, 5.74) is 0.414. The van der Waals surface area contributed by atoms with Gasteiger partial charge in [0.25, 0.3) is 0 Å². The molecule has 0 unspecified atom stereocenters. The van der Waals surface area contributed by atoms with Gasteiger partial charge in [-0.25, -0.2) is 4.39 Å². The average Bonchev–Trinajstić information content (AvgIpc) is 3.05. The molecule has 3 rings (SSSR count). The van der Waals surface area contributed by atoms with Gasteiger partial charge in [-0.15, -0.1) is 0 Å². The van der Waals surface area contributed by atoms with Gasteiger partial charge in [0.1, 0.15) is 5.82 Å². The summed E-state index contributed by atoms with van der Waals surface area (Å²) in [7, 11) is 0. The maximum Gasteiger partial charge on any atom is 0.238 e. The lowest BCUT2D eigenvalue weighted by Crippen LogP contribution is -2.53. The highest BCUT2D eigenvalue weighted by Gasteiger charge is 2.39. The first-order valence-corrected chi connectivity index (χ1v) is 9.03. The van der Waals surface area contributed by atoms with Gasteiger partial charge in [0.15, 0.2) is 0 Å². The number of amides is 2. The summed E-state index contributed by atoms with van der Waals surface area (Å²) in [5, 5.41) is 2.77. The van der Waals surface area contributed by atoms with Gasteiger partial charge in [0.2, 0.25) is 11.8 Å². The lowest BCUT2D eigenvalue weighted by atomic mass is 9.87. The minimum absolute atomic E-state index is 0.117. The van der Waals surface area contributed by atoms with Crippen molar-refractivity contribution >= 4 is 17.5 Å². The van der Waals surface area contributed by atoms with E-state index in [0.29, 0.717) is 31.9 Å². The maximum atomic E-state index is 12.9. The molecule has 1 saturated carbocycles. The van der Waals surface area contributed by atoms with E-state index >= 15 is 0 Å². The molecule has 5 nitrogen and oxygen atoms in total. The Labute approximate surface area is 148 Å². The molecule has 0 atom stereocenters. The highest BCUT2D eigenvalue weighted by Crippen LogP contribution is 2.39. The van der Waals surface area contributed by atoms with E-state index in [9.17, 15) is 14.0 Å². The monoisotopic (exact) mass is 347 g/mol. The van der Waals surface area contributed by atoms with Crippen LogP contribution < -0.4 is 5.32 Å². The molecule has 2 fully saturated rings. The second kappa shape index (κ2) is 7.52. The van der Waals surface area contributed by atoms with E-state index in [4.69, 9.17) is 0 Å². The fourth-order valence-electron chi connectivity index (χ4n) is 3.80. The Morgan fingerprint density at radius 1 is 1.08 bits per heavy atom. The third kappa shape index (κ3) is 4.37. The van der Waals surface area contributed by atoms with Crippen molar-refractivity contribution in [3.8, 4) is 0 Å². The molecule has 0 aromatic heterocycles. The smallest absolute Gasteiger partial charge is 0.238 e. The Bertz CT molecular complexity index is 618. The number of rotatable bonds is 4. The molecular formula is C19H26FN3O2. The minimum Gasteiger partial charge on any atom is -0.340 e. The van der Waals surface area contributed by atoms with Crippen molar-refractivity contribution in [2.75, 3.05) is 38.0 Å². The van der Waals surface area contributed by atoms with Crippen molar-refractivity contribution < 1.29 is 14.0 Å². The number of benzene rings is 1. The van der Waals surface area contributed by atoms with Crippen LogP contribution in [0.25, 0.3) is 0 Å².